The summed E-state index contributed by atoms with van der Waals surface area (Å²) in [5.41, 5.74) is 2.85. The van der Waals surface area contributed by atoms with Gasteiger partial charge in [0, 0.05) is 0 Å². The number of aliphatic carboxylic acids is 1. The number of rotatable bonds is 1. The van der Waals surface area contributed by atoms with Gasteiger partial charge in [0.1, 0.15) is 0 Å². The molecule has 0 atom stereocenters. The molecule has 2 aliphatic carbocycles. The molecule has 0 aromatic carbocycles. The third kappa shape index (κ3) is 1.81. The van der Waals surface area contributed by atoms with Gasteiger partial charge < -0.3 is 15.3 Å². The molecule has 0 saturated carbocycles. The third-order valence-electron chi connectivity index (χ3n) is 1.44. The maximum Gasteiger partial charge on any atom is 0.360 e. The summed E-state index contributed by atoms with van der Waals surface area (Å²) in [6.07, 6.45) is -2.23. The summed E-state index contributed by atoms with van der Waals surface area (Å²) < 4.78 is 0. The number of carbonyl (C=O) groups is 1. The highest BCUT2D eigenvalue weighted by molar-refractivity contribution is 5.75. The molecule has 0 fully saturated rings. The lowest BCUT2D eigenvalue weighted by Crippen LogP contribution is -2.17. The Kier molecular flexibility index (Phi) is 2.42. The zero-order valence-corrected chi connectivity index (χ0v) is 6.14. The Hall–Kier alpha value is -1.39. The average Bonchev–Trinajstić information content (AvgIpc) is 1.97. The highest BCUT2D eigenvalue weighted by Crippen LogP contribution is 2.29. The highest BCUT2D eigenvalue weighted by Gasteiger charge is 2.04. The molecule has 0 aromatic heterocycles. The molecule has 4 heteroatoms. The van der Waals surface area contributed by atoms with E-state index in [2.05, 4.69) is 24.3 Å². The topological polar surface area (TPSA) is 77.8 Å². The van der Waals surface area contributed by atoms with Crippen molar-refractivity contribution in [1.82, 2.24) is 0 Å². The van der Waals surface area contributed by atoms with Crippen molar-refractivity contribution < 1.29 is 20.1 Å². The maximum absolute atomic E-state index is 9.20. The van der Waals surface area contributed by atoms with E-state index in [4.69, 9.17) is 15.3 Å². The largest absolute Gasteiger partial charge is 0.477 e. The predicted molar refractivity (Wildman–Crippen MR) is 41.3 cm³/mol. The monoisotopic (exact) mass is 168 g/mol. The van der Waals surface area contributed by atoms with Crippen LogP contribution in [0.1, 0.15) is 0 Å². The molecule has 0 bridgehead atoms. The molecule has 3 N–H and O–H groups in total. The Balaban J connectivity index is 0.000000120. The number of carboxylic acids is 1. The number of aliphatic hydroxyl groups excluding tert-OH is 1. The van der Waals surface area contributed by atoms with Gasteiger partial charge in [0.2, 0.25) is 0 Å². The minimum absolute atomic E-state index is 1.43. The Morgan fingerprint density at radius 3 is 1.33 bits per heavy atom. The van der Waals surface area contributed by atoms with E-state index >= 15 is 0 Å². The molecule has 0 aliphatic heterocycles. The molecule has 0 heterocycles. The van der Waals surface area contributed by atoms with Crippen LogP contribution in [-0.2, 0) is 4.79 Å². The molecule has 0 spiro atoms. The summed E-state index contributed by atoms with van der Waals surface area (Å²) in [5, 5.41) is 22.7. The Morgan fingerprint density at radius 1 is 1.08 bits per heavy atom. The van der Waals surface area contributed by atoms with Crippen molar-refractivity contribution in [3.05, 3.63) is 24.3 Å². The van der Waals surface area contributed by atoms with E-state index in [1.807, 2.05) is 0 Å². The van der Waals surface area contributed by atoms with Gasteiger partial charge in [0.05, 0.1) is 0 Å². The van der Waals surface area contributed by atoms with Crippen molar-refractivity contribution >= 4 is 5.97 Å². The number of hydrogen-bond donors (Lipinski definition) is 3. The van der Waals surface area contributed by atoms with Crippen LogP contribution in [0.3, 0.4) is 0 Å². The van der Waals surface area contributed by atoms with Gasteiger partial charge in [-0.25, -0.2) is 4.79 Å². The van der Waals surface area contributed by atoms with E-state index in [1.54, 1.807) is 0 Å². The molecule has 0 radical (unpaired) electrons. The fourth-order valence-electron chi connectivity index (χ4n) is 0.663. The van der Waals surface area contributed by atoms with Crippen molar-refractivity contribution in [2.24, 2.45) is 0 Å². The Morgan fingerprint density at radius 2 is 1.33 bits per heavy atom. The highest BCUT2D eigenvalue weighted by atomic mass is 16.5. The molecule has 0 aromatic rings. The SMILES string of the molecule is O=C(O)C(O)O.c1cc2ccc1-2. The van der Waals surface area contributed by atoms with Crippen molar-refractivity contribution in [2.75, 3.05) is 0 Å². The molecular weight excluding hydrogens is 160 g/mol. The average molecular weight is 168 g/mol. The standard InChI is InChI=1S/C6H4.C2H4O4/c1-2-6-4-3-5(1)6;3-1(4)2(5)6/h1-4H;1,3-4H,(H,5,6). The zero-order valence-electron chi connectivity index (χ0n) is 6.14. The first kappa shape index (κ1) is 8.70. The van der Waals surface area contributed by atoms with E-state index in [-0.39, 0.29) is 0 Å². The summed E-state index contributed by atoms with van der Waals surface area (Å²) in [5.74, 6) is -1.63. The van der Waals surface area contributed by atoms with Gasteiger partial charge >= 0.3 is 5.97 Å². The van der Waals surface area contributed by atoms with Crippen LogP contribution >= 0.6 is 0 Å². The Bertz CT molecular complexity index is 255. The molecule has 0 saturated heterocycles. The molecule has 0 amide bonds. The second-order valence-corrected chi connectivity index (χ2v) is 2.29. The minimum atomic E-state index is -2.23. The first-order valence-corrected chi connectivity index (χ1v) is 3.30. The van der Waals surface area contributed by atoms with E-state index in [9.17, 15) is 4.79 Å². The second kappa shape index (κ2) is 3.34. The summed E-state index contributed by atoms with van der Waals surface area (Å²) in [6.45, 7) is 0. The number of hydrogen-bond acceptors (Lipinski definition) is 3. The van der Waals surface area contributed by atoms with E-state index < -0.39 is 12.3 Å². The van der Waals surface area contributed by atoms with Gasteiger partial charge in [0.25, 0.3) is 6.29 Å². The van der Waals surface area contributed by atoms with E-state index in [1.165, 1.54) is 11.1 Å². The molecular formula is C8H8O4. The second-order valence-electron chi connectivity index (χ2n) is 2.29. The van der Waals surface area contributed by atoms with Crippen molar-refractivity contribution in [3.8, 4) is 11.1 Å². The maximum atomic E-state index is 9.20. The number of benzene rings is 1. The lowest BCUT2D eigenvalue weighted by Gasteiger charge is -2.10. The minimum Gasteiger partial charge on any atom is -0.477 e. The van der Waals surface area contributed by atoms with E-state index in [0.717, 1.165) is 0 Å². The summed E-state index contributed by atoms with van der Waals surface area (Å²) in [4.78, 5) is 9.20. The fraction of sp³-hybridized carbons (Fsp3) is 0.125. The summed E-state index contributed by atoms with van der Waals surface area (Å²) in [6, 6.07) is 8.48. The van der Waals surface area contributed by atoms with Crippen LogP contribution in [-0.4, -0.2) is 27.6 Å². The Labute approximate surface area is 68.7 Å². The van der Waals surface area contributed by atoms with Crippen molar-refractivity contribution in [1.29, 1.82) is 0 Å². The molecule has 2 rings (SSSR count). The predicted octanol–water partition coefficient (Wildman–Crippen LogP) is 0.0487. The summed E-state index contributed by atoms with van der Waals surface area (Å²) >= 11 is 0. The van der Waals surface area contributed by atoms with Crippen LogP contribution in [0, 0.1) is 0 Å². The van der Waals surface area contributed by atoms with Crippen molar-refractivity contribution in [3.63, 3.8) is 0 Å². The van der Waals surface area contributed by atoms with Crippen LogP contribution in [0.5, 0.6) is 0 Å². The number of fused-ring (bicyclic) bond motifs is 1. The normalized spacial score (nSPS) is 10.2. The fourth-order valence-corrected chi connectivity index (χ4v) is 0.663. The quantitative estimate of drug-likeness (QED) is 0.526. The van der Waals surface area contributed by atoms with Gasteiger partial charge in [-0.3, -0.25) is 0 Å². The van der Waals surface area contributed by atoms with Gasteiger partial charge in [0.15, 0.2) is 0 Å². The van der Waals surface area contributed by atoms with Gasteiger partial charge in [-0.05, 0) is 11.1 Å². The first-order chi connectivity index (χ1) is 5.61. The van der Waals surface area contributed by atoms with E-state index in [0.29, 0.717) is 0 Å². The third-order valence-corrected chi connectivity index (χ3v) is 1.44. The van der Waals surface area contributed by atoms with Crippen molar-refractivity contribution in [2.45, 2.75) is 6.29 Å². The van der Waals surface area contributed by atoms with Gasteiger partial charge in [-0.2, -0.15) is 0 Å². The van der Waals surface area contributed by atoms with Crippen LogP contribution < -0.4 is 0 Å². The van der Waals surface area contributed by atoms with Gasteiger partial charge in [-0.15, -0.1) is 0 Å². The smallest absolute Gasteiger partial charge is 0.360 e. The lowest BCUT2D eigenvalue weighted by molar-refractivity contribution is -0.165. The summed E-state index contributed by atoms with van der Waals surface area (Å²) in [7, 11) is 0. The number of carboxylic acid groups (broad SMARTS) is 1. The zero-order chi connectivity index (χ0) is 9.14. The first-order valence-electron chi connectivity index (χ1n) is 3.30. The molecule has 64 valence electrons. The van der Waals surface area contributed by atoms with Gasteiger partial charge in [-0.1, -0.05) is 24.3 Å². The molecule has 12 heavy (non-hydrogen) atoms. The number of aliphatic hydroxyl groups is 2. The van der Waals surface area contributed by atoms with Crippen LogP contribution in [0.4, 0.5) is 0 Å². The molecule has 0 unspecified atom stereocenters. The van der Waals surface area contributed by atoms with Crippen LogP contribution in [0.15, 0.2) is 24.3 Å². The lowest BCUT2D eigenvalue weighted by atomic mass is 9.95. The molecule has 4 nitrogen and oxygen atoms in total. The van der Waals surface area contributed by atoms with Crippen LogP contribution in [0.25, 0.3) is 11.1 Å². The molecule has 2 aliphatic rings. The van der Waals surface area contributed by atoms with Crippen LogP contribution in [0.2, 0.25) is 0 Å².